The summed E-state index contributed by atoms with van der Waals surface area (Å²) in [6.07, 6.45) is 1.33. The molecule has 1 aromatic carbocycles. The average Bonchev–Trinajstić information content (AvgIpc) is 2.96. The van der Waals surface area contributed by atoms with E-state index in [-0.39, 0.29) is 17.7 Å². The molecule has 0 aliphatic heterocycles. The van der Waals surface area contributed by atoms with Crippen molar-refractivity contribution in [3.63, 3.8) is 0 Å². The molecule has 3 rings (SSSR count). The zero-order valence-electron chi connectivity index (χ0n) is 13.0. The van der Waals surface area contributed by atoms with Crippen molar-refractivity contribution >= 4 is 22.8 Å². The molecule has 0 spiro atoms. The summed E-state index contributed by atoms with van der Waals surface area (Å²) in [5, 5.41) is 2.60. The van der Waals surface area contributed by atoms with E-state index < -0.39 is 23.0 Å². The fourth-order valence-corrected chi connectivity index (χ4v) is 2.41. The van der Waals surface area contributed by atoms with Crippen molar-refractivity contribution in [2.24, 2.45) is 14.1 Å². The second-order valence-corrected chi connectivity index (χ2v) is 5.31. The molecular formula is C15H14FN5O3. The minimum atomic E-state index is -0.528. The predicted molar refractivity (Wildman–Crippen MR) is 85.2 cm³/mol. The van der Waals surface area contributed by atoms with Gasteiger partial charge in [0, 0.05) is 19.8 Å². The van der Waals surface area contributed by atoms with Gasteiger partial charge in [0.1, 0.15) is 12.4 Å². The van der Waals surface area contributed by atoms with Crippen molar-refractivity contribution in [3.8, 4) is 0 Å². The zero-order chi connectivity index (χ0) is 17.4. The van der Waals surface area contributed by atoms with Crippen LogP contribution in [0.5, 0.6) is 0 Å². The van der Waals surface area contributed by atoms with Gasteiger partial charge in [-0.2, -0.15) is 0 Å². The number of fused-ring (bicyclic) bond motifs is 1. The van der Waals surface area contributed by atoms with E-state index in [1.165, 1.54) is 53.8 Å². The Kier molecular flexibility index (Phi) is 3.76. The second kappa shape index (κ2) is 5.76. The first kappa shape index (κ1) is 15.7. The Balaban J connectivity index is 1.93. The molecule has 9 heteroatoms. The number of imidazole rings is 1. The van der Waals surface area contributed by atoms with Gasteiger partial charge in [-0.05, 0) is 24.3 Å². The molecule has 0 aliphatic carbocycles. The quantitative estimate of drug-likeness (QED) is 0.743. The Morgan fingerprint density at radius 1 is 1.17 bits per heavy atom. The molecule has 8 nitrogen and oxygen atoms in total. The summed E-state index contributed by atoms with van der Waals surface area (Å²) in [6.45, 7) is -0.165. The lowest BCUT2D eigenvalue weighted by Crippen LogP contribution is -2.37. The third kappa shape index (κ3) is 2.60. The molecule has 0 aliphatic rings. The average molecular weight is 331 g/mol. The number of nitrogens with zero attached hydrogens (tertiary/aromatic N) is 4. The SMILES string of the molecule is Cn1c(=O)c2c(ncn2CC(=O)Nc2ccc(F)cc2)n(C)c1=O. The van der Waals surface area contributed by atoms with Gasteiger partial charge < -0.3 is 9.88 Å². The topological polar surface area (TPSA) is 90.9 Å². The molecule has 3 aromatic rings. The molecule has 0 bridgehead atoms. The van der Waals surface area contributed by atoms with Crippen molar-refractivity contribution in [3.05, 3.63) is 57.2 Å². The number of amides is 1. The number of hydrogen-bond acceptors (Lipinski definition) is 4. The maximum Gasteiger partial charge on any atom is 0.332 e. The van der Waals surface area contributed by atoms with Crippen LogP contribution in [0.4, 0.5) is 10.1 Å². The van der Waals surface area contributed by atoms with Gasteiger partial charge in [-0.15, -0.1) is 0 Å². The smallest absolute Gasteiger partial charge is 0.325 e. The molecule has 1 N–H and O–H groups in total. The number of nitrogens with one attached hydrogen (secondary N) is 1. The summed E-state index contributed by atoms with van der Waals surface area (Å²) in [7, 11) is 2.86. The number of halogens is 1. The lowest BCUT2D eigenvalue weighted by molar-refractivity contribution is -0.116. The van der Waals surface area contributed by atoms with Gasteiger partial charge >= 0.3 is 5.69 Å². The van der Waals surface area contributed by atoms with Crippen molar-refractivity contribution < 1.29 is 9.18 Å². The van der Waals surface area contributed by atoms with Crippen LogP contribution in [0.15, 0.2) is 40.2 Å². The first-order chi connectivity index (χ1) is 11.4. The molecule has 0 radical (unpaired) electrons. The molecule has 0 unspecified atom stereocenters. The van der Waals surface area contributed by atoms with Crippen LogP contribution >= 0.6 is 0 Å². The van der Waals surface area contributed by atoms with E-state index in [9.17, 15) is 18.8 Å². The lowest BCUT2D eigenvalue weighted by Gasteiger charge is -2.08. The Labute approximate surface area is 134 Å². The van der Waals surface area contributed by atoms with Crippen molar-refractivity contribution in [2.45, 2.75) is 6.54 Å². The van der Waals surface area contributed by atoms with Gasteiger partial charge in [0.15, 0.2) is 11.2 Å². The third-order valence-corrected chi connectivity index (χ3v) is 3.66. The van der Waals surface area contributed by atoms with E-state index in [4.69, 9.17) is 0 Å². The van der Waals surface area contributed by atoms with E-state index in [0.29, 0.717) is 5.69 Å². The maximum absolute atomic E-state index is 12.9. The van der Waals surface area contributed by atoms with Gasteiger partial charge in [0.2, 0.25) is 5.91 Å². The van der Waals surface area contributed by atoms with Crippen LogP contribution in [-0.4, -0.2) is 24.6 Å². The van der Waals surface area contributed by atoms with Crippen LogP contribution < -0.4 is 16.6 Å². The van der Waals surface area contributed by atoms with Gasteiger partial charge in [0.05, 0.1) is 6.33 Å². The van der Waals surface area contributed by atoms with E-state index in [0.717, 1.165) is 4.57 Å². The Morgan fingerprint density at radius 3 is 2.50 bits per heavy atom. The maximum atomic E-state index is 12.9. The highest BCUT2D eigenvalue weighted by atomic mass is 19.1. The molecule has 24 heavy (non-hydrogen) atoms. The minimum absolute atomic E-state index is 0.161. The number of rotatable bonds is 3. The summed E-state index contributed by atoms with van der Waals surface area (Å²) in [5.41, 5.74) is -0.216. The van der Waals surface area contributed by atoms with Gasteiger partial charge in [-0.3, -0.25) is 18.7 Å². The predicted octanol–water partition coefficient (Wildman–Crippen LogP) is 0.211. The van der Waals surface area contributed by atoms with E-state index in [1.807, 2.05) is 0 Å². The minimum Gasteiger partial charge on any atom is -0.325 e. The molecule has 2 heterocycles. The number of aromatic nitrogens is 4. The molecule has 0 atom stereocenters. The Hall–Kier alpha value is -3.23. The molecule has 1 amide bonds. The van der Waals surface area contributed by atoms with Crippen LogP contribution in [-0.2, 0) is 25.4 Å². The summed E-state index contributed by atoms with van der Waals surface area (Å²) in [4.78, 5) is 40.3. The molecule has 0 saturated carbocycles. The van der Waals surface area contributed by atoms with E-state index in [2.05, 4.69) is 10.3 Å². The first-order valence-electron chi connectivity index (χ1n) is 7.04. The second-order valence-electron chi connectivity index (χ2n) is 5.31. The molecule has 2 aromatic heterocycles. The number of hydrogen-bond donors (Lipinski definition) is 1. The highest BCUT2D eigenvalue weighted by Gasteiger charge is 2.15. The molecule has 124 valence electrons. The number of carbonyl (C=O) groups excluding carboxylic acids is 1. The number of benzene rings is 1. The van der Waals surface area contributed by atoms with Crippen molar-refractivity contribution in [2.75, 3.05) is 5.32 Å². The number of aryl methyl sites for hydroxylation is 1. The first-order valence-corrected chi connectivity index (χ1v) is 7.04. The fraction of sp³-hybridized carbons (Fsp3) is 0.200. The highest BCUT2D eigenvalue weighted by Crippen LogP contribution is 2.09. The number of anilines is 1. The number of carbonyl (C=O) groups is 1. The fourth-order valence-electron chi connectivity index (χ4n) is 2.41. The van der Waals surface area contributed by atoms with Crippen LogP contribution in [0.3, 0.4) is 0 Å². The largest absolute Gasteiger partial charge is 0.332 e. The lowest BCUT2D eigenvalue weighted by atomic mass is 10.3. The van der Waals surface area contributed by atoms with Crippen LogP contribution in [0.1, 0.15) is 0 Å². The zero-order valence-corrected chi connectivity index (χ0v) is 13.0. The summed E-state index contributed by atoms with van der Waals surface area (Å²) in [5.74, 6) is -0.810. The molecular weight excluding hydrogens is 317 g/mol. The van der Waals surface area contributed by atoms with Gasteiger partial charge in [-0.1, -0.05) is 0 Å². The van der Waals surface area contributed by atoms with Crippen LogP contribution in [0, 0.1) is 5.82 Å². The van der Waals surface area contributed by atoms with E-state index in [1.54, 1.807) is 0 Å². The third-order valence-electron chi connectivity index (χ3n) is 3.66. The normalized spacial score (nSPS) is 11.0. The standard InChI is InChI=1S/C15H14FN5O3/c1-19-13-12(14(23)20(2)15(19)24)21(8-17-13)7-11(22)18-10-5-3-9(16)4-6-10/h3-6,8H,7H2,1-2H3,(H,18,22). The van der Waals surface area contributed by atoms with Gasteiger partial charge in [0.25, 0.3) is 5.56 Å². The van der Waals surface area contributed by atoms with Crippen molar-refractivity contribution in [1.29, 1.82) is 0 Å². The Morgan fingerprint density at radius 2 is 1.83 bits per heavy atom. The van der Waals surface area contributed by atoms with Crippen LogP contribution in [0.2, 0.25) is 0 Å². The van der Waals surface area contributed by atoms with Crippen molar-refractivity contribution in [1.82, 2.24) is 18.7 Å². The highest BCUT2D eigenvalue weighted by molar-refractivity contribution is 5.91. The molecule has 0 saturated heterocycles. The summed E-state index contributed by atoms with van der Waals surface area (Å²) < 4.78 is 16.4. The van der Waals surface area contributed by atoms with Gasteiger partial charge in [-0.25, -0.2) is 14.2 Å². The van der Waals surface area contributed by atoms with E-state index >= 15 is 0 Å². The summed E-state index contributed by atoms with van der Waals surface area (Å²) >= 11 is 0. The molecule has 0 fully saturated rings. The monoisotopic (exact) mass is 331 g/mol. The van der Waals surface area contributed by atoms with Crippen LogP contribution in [0.25, 0.3) is 11.2 Å². The summed E-state index contributed by atoms with van der Waals surface area (Å²) in [6, 6.07) is 5.32. The Bertz CT molecular complexity index is 1050.